The van der Waals surface area contributed by atoms with Gasteiger partial charge in [-0.1, -0.05) is 0 Å². The van der Waals surface area contributed by atoms with Crippen molar-refractivity contribution >= 4 is 69.1 Å². The molecule has 0 saturated carbocycles. The third-order valence-electron chi connectivity index (χ3n) is 2.95. The molecule has 5 aromatic rings. The molecule has 4 aromatic heterocycles. The van der Waals surface area contributed by atoms with Crippen molar-refractivity contribution in [2.75, 3.05) is 7.11 Å². The minimum absolute atomic E-state index is 0. The molecule has 0 saturated heterocycles. The number of methoxy groups -OCH3 is 1. The Hall–Kier alpha value is -0.792. The van der Waals surface area contributed by atoms with Gasteiger partial charge in [-0.15, -0.1) is 0 Å². The average molecular weight is 457 g/mol. The van der Waals surface area contributed by atoms with Gasteiger partial charge in [-0.25, -0.2) is 15.0 Å². The van der Waals surface area contributed by atoms with Gasteiger partial charge in [0.05, 0.1) is 7.11 Å². The fraction of sp³-hybridized carbons (Fsp3) is 0.0833. The zero-order valence-electron chi connectivity index (χ0n) is 10.2. The molecule has 8 heteroatoms. The number of nitrogens with zero attached hydrogens (tertiary/aromatic N) is 4. The summed E-state index contributed by atoms with van der Waals surface area (Å²) in [4.78, 5) is 14.1. The summed E-state index contributed by atoms with van der Waals surface area (Å²) in [6.07, 6.45) is 1.57. The maximum atomic E-state index is 5.26. The molecule has 5 nitrogen and oxygen atoms in total. The zero-order chi connectivity index (χ0) is 13.0. The number of benzene rings is 1. The van der Waals surface area contributed by atoms with Crippen LogP contribution in [0.2, 0.25) is 0 Å². The van der Waals surface area contributed by atoms with Gasteiger partial charge in [-0.3, -0.25) is 4.40 Å². The van der Waals surface area contributed by atoms with Crippen molar-refractivity contribution in [3.8, 4) is 5.75 Å². The van der Waals surface area contributed by atoms with Crippen LogP contribution in [0.3, 0.4) is 0 Å². The molecule has 1 aromatic carbocycles. The second-order valence-electron chi connectivity index (χ2n) is 4.00. The number of hydrogen-bond acceptors (Lipinski definition) is 5. The second-order valence-corrected chi connectivity index (χ2v) is 6.17. The summed E-state index contributed by atoms with van der Waals surface area (Å²) in [6.45, 7) is 0. The molecule has 0 spiro atoms. The Morgan fingerprint density at radius 1 is 1.25 bits per heavy atom. The molecule has 4 heterocycles. The molecule has 0 N–H and O–H groups in total. The van der Waals surface area contributed by atoms with Crippen LogP contribution < -0.4 is 4.74 Å². The predicted molar refractivity (Wildman–Crippen MR) is 86.2 cm³/mol. The Morgan fingerprint density at radius 2 is 2.00 bits per heavy atom. The molecule has 20 heavy (non-hydrogen) atoms. The van der Waals surface area contributed by atoms with Crippen molar-refractivity contribution in [1.29, 1.82) is 0 Å². The Morgan fingerprint density at radius 3 is 2.65 bits per heavy atom. The first-order valence-corrected chi connectivity index (χ1v) is 7.42. The summed E-state index contributed by atoms with van der Waals surface area (Å²) in [5, 5.41) is 0.909. The van der Waals surface area contributed by atoms with E-state index >= 15 is 0 Å². The average Bonchev–Trinajstić information content (AvgIpc) is 3.00. The molecule has 0 amide bonds. The smallest absolute Gasteiger partial charge is 0.181 e. The van der Waals surface area contributed by atoms with Gasteiger partial charge in [-0.2, -0.15) is 0 Å². The standard InChI is InChI=1S/C12H7IN4OS.As/c1-18-6-2-3-7(13)8(4-6)19-12-16-9-10-14-5-15-11(9)17(10)12;/h2-5H,1H3;. The molecule has 0 aliphatic rings. The molecule has 0 aliphatic carbocycles. The summed E-state index contributed by atoms with van der Waals surface area (Å²) in [7, 11) is 1.67. The molecular weight excluding hydrogens is 450 g/mol. The quantitative estimate of drug-likeness (QED) is 0.350. The van der Waals surface area contributed by atoms with Gasteiger partial charge in [0, 0.05) is 26.4 Å². The van der Waals surface area contributed by atoms with E-state index in [4.69, 9.17) is 4.74 Å². The Bertz CT molecular complexity index is 837. The van der Waals surface area contributed by atoms with E-state index in [0.29, 0.717) is 0 Å². The summed E-state index contributed by atoms with van der Waals surface area (Å²) >= 11 is 3.92. The molecule has 99 valence electrons. The summed E-state index contributed by atoms with van der Waals surface area (Å²) in [5.41, 5.74) is 2.72. The van der Waals surface area contributed by atoms with E-state index in [1.54, 1.807) is 25.2 Å². The summed E-state index contributed by atoms with van der Waals surface area (Å²) in [6, 6.07) is 6.00. The number of rotatable bonds is 3. The number of halogens is 1. The monoisotopic (exact) mass is 457 g/mol. The van der Waals surface area contributed by atoms with Gasteiger partial charge >= 0.3 is 0 Å². The van der Waals surface area contributed by atoms with E-state index in [1.165, 1.54) is 3.57 Å². The third kappa shape index (κ3) is 1.95. The first-order valence-electron chi connectivity index (χ1n) is 5.53. The van der Waals surface area contributed by atoms with Crippen LogP contribution in [0, 0.1) is 3.57 Å². The predicted octanol–water partition coefficient (Wildman–Crippen LogP) is 2.54. The van der Waals surface area contributed by atoms with Crippen LogP contribution in [0.25, 0.3) is 16.8 Å². The molecule has 0 fully saturated rings. The van der Waals surface area contributed by atoms with Crippen LogP contribution in [0.15, 0.2) is 34.6 Å². The van der Waals surface area contributed by atoms with Crippen LogP contribution in [-0.4, -0.2) is 44.4 Å². The topological polar surface area (TPSA) is 52.3 Å². The van der Waals surface area contributed by atoms with Crippen molar-refractivity contribution in [2.45, 2.75) is 10.1 Å². The second kappa shape index (κ2) is 5.20. The van der Waals surface area contributed by atoms with E-state index in [2.05, 4.69) is 37.5 Å². The molecule has 0 unspecified atom stereocenters. The normalized spacial score (nSPS) is 11.3. The van der Waals surface area contributed by atoms with Gasteiger partial charge in [-0.05, 0) is 52.6 Å². The van der Waals surface area contributed by atoms with Crippen LogP contribution in [0.4, 0.5) is 0 Å². The van der Waals surface area contributed by atoms with Crippen molar-refractivity contribution < 1.29 is 4.74 Å². The molecule has 0 atom stereocenters. The minimum Gasteiger partial charge on any atom is -0.497 e. The fourth-order valence-corrected chi connectivity index (χ4v) is 3.62. The number of fused-ring (bicyclic) bond motifs is 1. The summed E-state index contributed by atoms with van der Waals surface area (Å²) < 4.78 is 8.41. The van der Waals surface area contributed by atoms with E-state index in [1.807, 2.05) is 22.6 Å². The van der Waals surface area contributed by atoms with Gasteiger partial charge in [0.1, 0.15) is 12.1 Å². The van der Waals surface area contributed by atoms with E-state index in [9.17, 15) is 0 Å². The molecular formula is C12H7AsIN4OS. The maximum Gasteiger partial charge on any atom is 0.181 e. The van der Waals surface area contributed by atoms with Gasteiger partial charge in [0.15, 0.2) is 22.0 Å². The van der Waals surface area contributed by atoms with E-state index in [-0.39, 0.29) is 18.0 Å². The van der Waals surface area contributed by atoms with Crippen LogP contribution in [0.5, 0.6) is 5.75 Å². The number of ether oxygens (including phenoxy) is 1. The first-order chi connectivity index (χ1) is 9.28. The molecule has 5 rings (SSSR count). The van der Waals surface area contributed by atoms with Crippen molar-refractivity contribution in [3.05, 3.63) is 28.1 Å². The van der Waals surface area contributed by atoms with Crippen molar-refractivity contribution in [1.82, 2.24) is 19.4 Å². The molecule has 0 aliphatic heterocycles. The zero-order valence-corrected chi connectivity index (χ0v) is 15.1. The number of hydrogen-bond donors (Lipinski definition) is 0. The minimum atomic E-state index is 0. The van der Waals surface area contributed by atoms with Crippen molar-refractivity contribution in [3.63, 3.8) is 0 Å². The molecule has 3 radical (unpaired) electrons. The summed E-state index contributed by atoms with van der Waals surface area (Å²) in [5.74, 6) is 0.847. The SMILES string of the molecule is COc1ccc(I)c(Sc2nc3c4ncnc3n24)c1.[As]. The Labute approximate surface area is 143 Å². The van der Waals surface area contributed by atoms with Gasteiger partial charge in [0.2, 0.25) is 0 Å². The van der Waals surface area contributed by atoms with Gasteiger partial charge in [0.25, 0.3) is 0 Å². The third-order valence-corrected chi connectivity index (χ3v) is 5.27. The fourth-order valence-electron chi connectivity index (χ4n) is 2.02. The largest absolute Gasteiger partial charge is 0.497 e. The number of aromatic nitrogens is 4. The van der Waals surface area contributed by atoms with E-state index < -0.39 is 0 Å². The van der Waals surface area contributed by atoms with Gasteiger partial charge < -0.3 is 4.74 Å². The van der Waals surface area contributed by atoms with E-state index in [0.717, 1.165) is 32.6 Å². The Kier molecular flexibility index (Phi) is 3.68. The van der Waals surface area contributed by atoms with Crippen LogP contribution >= 0.6 is 34.4 Å². The van der Waals surface area contributed by atoms with Crippen LogP contribution in [-0.2, 0) is 0 Å². The maximum absolute atomic E-state index is 5.26. The molecule has 4 bridgehead atoms. The van der Waals surface area contributed by atoms with Crippen molar-refractivity contribution in [2.24, 2.45) is 0 Å². The number of imidazole rings is 2. The first kappa shape index (κ1) is 14.2. The van der Waals surface area contributed by atoms with Crippen LogP contribution in [0.1, 0.15) is 0 Å². The Balaban J connectivity index is 0.00000121.